The van der Waals surface area contributed by atoms with E-state index < -0.39 is 0 Å². The van der Waals surface area contributed by atoms with Crippen LogP contribution in [0.4, 0.5) is 0 Å². The number of nitrogens with zero attached hydrogens (tertiary/aromatic N) is 3. The number of hydrogen-bond acceptors (Lipinski definition) is 2. The molecule has 0 amide bonds. The second-order valence-electron chi connectivity index (χ2n) is 4.56. The van der Waals surface area contributed by atoms with Crippen LogP contribution in [0.2, 0.25) is 0 Å². The molecule has 0 saturated carbocycles. The van der Waals surface area contributed by atoms with E-state index in [-0.39, 0.29) is 0 Å². The highest BCUT2D eigenvalue weighted by molar-refractivity contribution is 7.71. The predicted molar refractivity (Wildman–Crippen MR) is 67.3 cm³/mol. The van der Waals surface area contributed by atoms with Crippen LogP contribution < -0.4 is 0 Å². The van der Waals surface area contributed by atoms with Gasteiger partial charge >= 0.3 is 0 Å². The standard InChI is InChI=1S/C12H15N3S/c1-7-8(2)14(3)11-10(7)12(16)15-6-4-5-9(15)13-11/h4-6H2,1-3H3. The summed E-state index contributed by atoms with van der Waals surface area (Å²) in [6.45, 7) is 5.29. The Balaban J connectivity index is 2.56. The van der Waals surface area contributed by atoms with Crippen molar-refractivity contribution < 1.29 is 0 Å². The molecule has 0 spiro atoms. The highest BCUT2D eigenvalue weighted by Gasteiger charge is 2.18. The molecule has 1 aliphatic heterocycles. The molecule has 0 saturated heterocycles. The summed E-state index contributed by atoms with van der Waals surface area (Å²) >= 11 is 5.59. The molecule has 0 aliphatic carbocycles. The maximum atomic E-state index is 5.59. The molecule has 2 aromatic rings. The van der Waals surface area contributed by atoms with Gasteiger partial charge in [-0.05, 0) is 25.8 Å². The SMILES string of the molecule is Cc1c(C)n(C)c2nc3n(c(=S)c12)CCC3. The van der Waals surface area contributed by atoms with Crippen LogP contribution >= 0.6 is 12.2 Å². The van der Waals surface area contributed by atoms with Crippen LogP contribution in [0.1, 0.15) is 23.5 Å². The minimum Gasteiger partial charge on any atom is -0.333 e. The molecule has 2 aromatic heterocycles. The van der Waals surface area contributed by atoms with E-state index in [1.54, 1.807) is 0 Å². The van der Waals surface area contributed by atoms with Crippen LogP contribution in [-0.4, -0.2) is 14.1 Å². The van der Waals surface area contributed by atoms with Gasteiger partial charge in [-0.25, -0.2) is 4.98 Å². The molecule has 4 heteroatoms. The smallest absolute Gasteiger partial charge is 0.145 e. The summed E-state index contributed by atoms with van der Waals surface area (Å²) in [6, 6.07) is 0. The average molecular weight is 233 g/mol. The second kappa shape index (κ2) is 3.17. The van der Waals surface area contributed by atoms with E-state index in [1.165, 1.54) is 23.1 Å². The van der Waals surface area contributed by atoms with Crippen molar-refractivity contribution in [3.63, 3.8) is 0 Å². The molecule has 16 heavy (non-hydrogen) atoms. The fourth-order valence-electron chi connectivity index (χ4n) is 2.57. The fraction of sp³-hybridized carbons (Fsp3) is 0.500. The summed E-state index contributed by atoms with van der Waals surface area (Å²) in [5, 5.41) is 1.17. The molecular formula is C12H15N3S. The van der Waals surface area contributed by atoms with Crippen molar-refractivity contribution in [2.24, 2.45) is 7.05 Å². The van der Waals surface area contributed by atoms with Crippen molar-refractivity contribution in [3.05, 3.63) is 21.7 Å². The Morgan fingerprint density at radius 1 is 1.31 bits per heavy atom. The van der Waals surface area contributed by atoms with E-state index in [0.717, 1.165) is 29.1 Å². The second-order valence-corrected chi connectivity index (χ2v) is 4.94. The molecule has 1 aliphatic rings. The van der Waals surface area contributed by atoms with Gasteiger partial charge in [-0.1, -0.05) is 12.2 Å². The Hall–Kier alpha value is -1.16. The zero-order valence-corrected chi connectivity index (χ0v) is 10.7. The quantitative estimate of drug-likeness (QED) is 0.653. The molecular weight excluding hydrogens is 218 g/mol. The zero-order chi connectivity index (χ0) is 11.4. The van der Waals surface area contributed by atoms with Crippen LogP contribution in [-0.2, 0) is 20.0 Å². The van der Waals surface area contributed by atoms with Crippen LogP contribution in [0.25, 0.3) is 11.0 Å². The lowest BCUT2D eigenvalue weighted by Crippen LogP contribution is -2.03. The molecule has 0 aromatic carbocycles. The first-order valence-electron chi connectivity index (χ1n) is 5.66. The lowest BCUT2D eigenvalue weighted by atomic mass is 10.2. The van der Waals surface area contributed by atoms with Gasteiger partial charge in [0.2, 0.25) is 0 Å². The third kappa shape index (κ3) is 1.08. The van der Waals surface area contributed by atoms with Crippen LogP contribution in [0, 0.1) is 18.5 Å². The van der Waals surface area contributed by atoms with Crippen molar-refractivity contribution in [3.8, 4) is 0 Å². The summed E-state index contributed by atoms with van der Waals surface area (Å²) in [5.74, 6) is 1.15. The van der Waals surface area contributed by atoms with Crippen LogP contribution in [0.5, 0.6) is 0 Å². The number of aryl methyl sites for hydroxylation is 3. The normalized spacial score (nSPS) is 14.7. The maximum Gasteiger partial charge on any atom is 0.145 e. The molecule has 0 fully saturated rings. The van der Waals surface area contributed by atoms with E-state index in [0.29, 0.717) is 0 Å². The number of aromatic nitrogens is 3. The molecule has 84 valence electrons. The lowest BCUT2D eigenvalue weighted by Gasteiger charge is -2.05. The van der Waals surface area contributed by atoms with Gasteiger partial charge in [0, 0.05) is 25.7 Å². The first-order chi connectivity index (χ1) is 7.61. The summed E-state index contributed by atoms with van der Waals surface area (Å²) in [7, 11) is 2.07. The van der Waals surface area contributed by atoms with Crippen LogP contribution in [0.15, 0.2) is 0 Å². The summed E-state index contributed by atoms with van der Waals surface area (Å²) in [6.07, 6.45) is 2.23. The third-order valence-electron chi connectivity index (χ3n) is 3.75. The molecule has 0 bridgehead atoms. The monoisotopic (exact) mass is 233 g/mol. The minimum atomic E-state index is 0.971. The largest absolute Gasteiger partial charge is 0.333 e. The topological polar surface area (TPSA) is 22.8 Å². The lowest BCUT2D eigenvalue weighted by molar-refractivity contribution is 0.732. The van der Waals surface area contributed by atoms with Gasteiger partial charge in [-0.2, -0.15) is 0 Å². The third-order valence-corrected chi connectivity index (χ3v) is 4.17. The van der Waals surface area contributed by atoms with Gasteiger partial charge in [0.1, 0.15) is 16.1 Å². The number of fused-ring (bicyclic) bond motifs is 2. The van der Waals surface area contributed by atoms with Crippen LogP contribution in [0.3, 0.4) is 0 Å². The van der Waals surface area contributed by atoms with E-state index in [2.05, 4.69) is 30.0 Å². The van der Waals surface area contributed by atoms with E-state index in [9.17, 15) is 0 Å². The number of hydrogen-bond donors (Lipinski definition) is 0. The fourth-order valence-corrected chi connectivity index (χ4v) is 3.01. The van der Waals surface area contributed by atoms with Gasteiger partial charge < -0.3 is 9.13 Å². The Bertz CT molecular complexity index is 649. The molecule has 3 heterocycles. The van der Waals surface area contributed by atoms with Gasteiger partial charge in [-0.3, -0.25) is 0 Å². The Morgan fingerprint density at radius 3 is 2.81 bits per heavy atom. The van der Waals surface area contributed by atoms with E-state index >= 15 is 0 Å². The Kier molecular flexibility index (Phi) is 1.98. The predicted octanol–water partition coefficient (Wildman–Crippen LogP) is 2.67. The maximum absolute atomic E-state index is 5.59. The molecule has 0 unspecified atom stereocenters. The van der Waals surface area contributed by atoms with Gasteiger partial charge in [0.25, 0.3) is 0 Å². The van der Waals surface area contributed by atoms with Gasteiger partial charge in [0.05, 0.1) is 5.39 Å². The zero-order valence-electron chi connectivity index (χ0n) is 9.87. The Morgan fingerprint density at radius 2 is 2.06 bits per heavy atom. The first-order valence-corrected chi connectivity index (χ1v) is 6.07. The van der Waals surface area contributed by atoms with Crippen molar-refractivity contribution in [1.82, 2.24) is 14.1 Å². The molecule has 0 radical (unpaired) electrons. The van der Waals surface area contributed by atoms with Crippen molar-refractivity contribution in [2.75, 3.05) is 0 Å². The molecule has 0 N–H and O–H groups in total. The molecule has 3 nitrogen and oxygen atoms in total. The summed E-state index contributed by atoms with van der Waals surface area (Å²) < 4.78 is 5.32. The highest BCUT2D eigenvalue weighted by atomic mass is 32.1. The van der Waals surface area contributed by atoms with Crippen molar-refractivity contribution in [1.29, 1.82) is 0 Å². The molecule has 0 atom stereocenters. The van der Waals surface area contributed by atoms with E-state index in [4.69, 9.17) is 17.2 Å². The Labute approximate surface area is 99.7 Å². The minimum absolute atomic E-state index is 0.971. The van der Waals surface area contributed by atoms with Crippen molar-refractivity contribution in [2.45, 2.75) is 33.2 Å². The first kappa shape index (κ1) is 10.0. The molecule has 3 rings (SSSR count). The van der Waals surface area contributed by atoms with E-state index in [1.807, 2.05) is 0 Å². The average Bonchev–Trinajstić information content (AvgIpc) is 2.80. The highest BCUT2D eigenvalue weighted by Crippen LogP contribution is 2.26. The van der Waals surface area contributed by atoms with Gasteiger partial charge in [0.15, 0.2) is 0 Å². The summed E-state index contributed by atoms with van der Waals surface area (Å²) in [4.78, 5) is 4.76. The van der Waals surface area contributed by atoms with Crippen molar-refractivity contribution >= 4 is 23.3 Å². The van der Waals surface area contributed by atoms with Gasteiger partial charge in [-0.15, -0.1) is 0 Å². The number of rotatable bonds is 0. The summed E-state index contributed by atoms with van der Waals surface area (Å²) in [5.41, 5.74) is 3.59.